The number of rotatable bonds is 1. The third-order valence-electron chi connectivity index (χ3n) is 1.67. The van der Waals surface area contributed by atoms with Gasteiger partial charge in [-0.15, -0.1) is 0 Å². The van der Waals surface area contributed by atoms with Crippen LogP contribution in [0.4, 0.5) is 0 Å². The summed E-state index contributed by atoms with van der Waals surface area (Å²) >= 11 is 0. The molecule has 0 aromatic carbocycles. The van der Waals surface area contributed by atoms with Crippen LogP contribution in [0.1, 0.15) is 5.56 Å². The molecule has 0 aliphatic carbocycles. The number of aromatic amines is 1. The Morgan fingerprint density at radius 1 is 1.67 bits per heavy atom. The zero-order valence-corrected chi connectivity index (χ0v) is 6.32. The van der Waals surface area contributed by atoms with Crippen LogP contribution in [0.3, 0.4) is 0 Å². The first-order valence-electron chi connectivity index (χ1n) is 3.50. The van der Waals surface area contributed by atoms with E-state index < -0.39 is 0 Å². The minimum absolute atomic E-state index is 0.141. The standard InChI is InChI=1S/C8H7N3O/c1-2-6-3-7-8(12)9-5-10-11(7)4-6/h2-5H,1H2,(H,9,10,12). The Bertz CT molecular complexity index is 480. The van der Waals surface area contributed by atoms with Crippen molar-refractivity contribution < 1.29 is 0 Å². The lowest BCUT2D eigenvalue weighted by molar-refractivity contribution is 0.888. The summed E-state index contributed by atoms with van der Waals surface area (Å²) in [7, 11) is 0. The maximum absolute atomic E-state index is 11.2. The number of hydrogen-bond donors (Lipinski definition) is 1. The Morgan fingerprint density at radius 2 is 2.50 bits per heavy atom. The highest BCUT2D eigenvalue weighted by molar-refractivity contribution is 5.57. The Labute approximate surface area is 68.2 Å². The molecule has 4 heteroatoms. The van der Waals surface area contributed by atoms with Gasteiger partial charge in [0.15, 0.2) is 0 Å². The fourth-order valence-electron chi connectivity index (χ4n) is 1.07. The number of hydrogen-bond acceptors (Lipinski definition) is 2. The van der Waals surface area contributed by atoms with Crippen molar-refractivity contribution in [3.05, 3.63) is 41.1 Å². The number of fused-ring (bicyclic) bond motifs is 1. The van der Waals surface area contributed by atoms with E-state index >= 15 is 0 Å². The van der Waals surface area contributed by atoms with E-state index in [0.717, 1.165) is 5.56 Å². The summed E-state index contributed by atoms with van der Waals surface area (Å²) in [6.45, 7) is 3.60. The molecule has 4 nitrogen and oxygen atoms in total. The summed E-state index contributed by atoms with van der Waals surface area (Å²) in [5.41, 5.74) is 1.28. The molecule has 1 N–H and O–H groups in total. The quantitative estimate of drug-likeness (QED) is 0.668. The fourth-order valence-corrected chi connectivity index (χ4v) is 1.07. The normalized spacial score (nSPS) is 10.3. The molecule has 0 unspecified atom stereocenters. The minimum Gasteiger partial charge on any atom is -0.310 e. The highest BCUT2D eigenvalue weighted by Crippen LogP contribution is 2.04. The fraction of sp³-hybridized carbons (Fsp3) is 0. The highest BCUT2D eigenvalue weighted by Gasteiger charge is 1.99. The van der Waals surface area contributed by atoms with Gasteiger partial charge < -0.3 is 4.98 Å². The molecule has 60 valence electrons. The van der Waals surface area contributed by atoms with Gasteiger partial charge in [-0.1, -0.05) is 12.7 Å². The van der Waals surface area contributed by atoms with Crippen LogP contribution >= 0.6 is 0 Å². The monoisotopic (exact) mass is 161 g/mol. The van der Waals surface area contributed by atoms with Crippen molar-refractivity contribution >= 4 is 11.6 Å². The van der Waals surface area contributed by atoms with Crippen LogP contribution in [0, 0.1) is 0 Å². The van der Waals surface area contributed by atoms with Crippen molar-refractivity contribution in [1.82, 2.24) is 14.6 Å². The summed E-state index contributed by atoms with van der Waals surface area (Å²) in [6.07, 6.45) is 4.79. The zero-order chi connectivity index (χ0) is 8.55. The summed E-state index contributed by atoms with van der Waals surface area (Å²) < 4.78 is 1.52. The Morgan fingerprint density at radius 3 is 3.17 bits per heavy atom. The van der Waals surface area contributed by atoms with E-state index in [4.69, 9.17) is 0 Å². The smallest absolute Gasteiger partial charge is 0.275 e. The number of nitrogens with one attached hydrogen (secondary N) is 1. The van der Waals surface area contributed by atoms with Crippen molar-refractivity contribution in [2.45, 2.75) is 0 Å². The van der Waals surface area contributed by atoms with E-state index in [9.17, 15) is 4.79 Å². The molecule has 0 atom stereocenters. The first-order valence-corrected chi connectivity index (χ1v) is 3.50. The van der Waals surface area contributed by atoms with Gasteiger partial charge in [0.05, 0.1) is 0 Å². The summed E-state index contributed by atoms with van der Waals surface area (Å²) in [4.78, 5) is 13.6. The maximum Gasteiger partial charge on any atom is 0.275 e. The predicted octanol–water partition coefficient (Wildman–Crippen LogP) is 0.666. The number of H-pyrrole nitrogens is 1. The van der Waals surface area contributed by atoms with E-state index in [1.165, 1.54) is 10.8 Å². The van der Waals surface area contributed by atoms with Crippen molar-refractivity contribution in [3.63, 3.8) is 0 Å². The first-order chi connectivity index (χ1) is 5.81. The average Bonchev–Trinajstić information content (AvgIpc) is 2.49. The van der Waals surface area contributed by atoms with Crippen molar-refractivity contribution in [2.24, 2.45) is 0 Å². The van der Waals surface area contributed by atoms with E-state index in [2.05, 4.69) is 16.7 Å². The molecule has 0 fully saturated rings. The van der Waals surface area contributed by atoms with Crippen LogP contribution in [0.5, 0.6) is 0 Å². The molecule has 0 saturated carbocycles. The lowest BCUT2D eigenvalue weighted by Crippen LogP contribution is -2.09. The second-order valence-electron chi connectivity index (χ2n) is 2.43. The molecule has 2 heterocycles. The van der Waals surface area contributed by atoms with Gasteiger partial charge in [-0.3, -0.25) is 4.79 Å². The van der Waals surface area contributed by atoms with Gasteiger partial charge in [0.25, 0.3) is 5.56 Å². The second-order valence-corrected chi connectivity index (χ2v) is 2.43. The Balaban J connectivity index is 2.92. The van der Waals surface area contributed by atoms with Crippen LogP contribution in [0.2, 0.25) is 0 Å². The van der Waals surface area contributed by atoms with Crippen molar-refractivity contribution in [2.75, 3.05) is 0 Å². The van der Waals surface area contributed by atoms with Crippen molar-refractivity contribution in [3.8, 4) is 0 Å². The highest BCUT2D eigenvalue weighted by atomic mass is 16.1. The molecule has 2 aromatic heterocycles. The van der Waals surface area contributed by atoms with Crippen LogP contribution < -0.4 is 5.56 Å². The molecule has 0 saturated heterocycles. The lowest BCUT2D eigenvalue weighted by atomic mass is 10.3. The van der Waals surface area contributed by atoms with E-state index in [0.29, 0.717) is 5.52 Å². The third-order valence-corrected chi connectivity index (χ3v) is 1.67. The maximum atomic E-state index is 11.2. The van der Waals surface area contributed by atoms with Gasteiger partial charge in [0.1, 0.15) is 11.8 Å². The minimum atomic E-state index is -0.141. The number of aromatic nitrogens is 3. The molecule has 2 rings (SSSR count). The Kier molecular flexibility index (Phi) is 1.33. The molecule has 0 spiro atoms. The summed E-state index contributed by atoms with van der Waals surface area (Å²) in [5, 5.41) is 3.92. The molecular formula is C8H7N3O. The molecule has 0 radical (unpaired) electrons. The SMILES string of the molecule is C=Cc1cc2c(=O)[nH]cnn2c1. The molecule has 12 heavy (non-hydrogen) atoms. The molecule has 2 aromatic rings. The molecule has 0 aliphatic heterocycles. The lowest BCUT2D eigenvalue weighted by Gasteiger charge is -1.87. The van der Waals surface area contributed by atoms with Gasteiger partial charge >= 0.3 is 0 Å². The average molecular weight is 161 g/mol. The first kappa shape index (κ1) is 6.84. The molecule has 0 amide bonds. The topological polar surface area (TPSA) is 50.2 Å². The van der Waals surface area contributed by atoms with Crippen LogP contribution in [0.25, 0.3) is 11.6 Å². The van der Waals surface area contributed by atoms with E-state index in [-0.39, 0.29) is 5.56 Å². The Hall–Kier alpha value is -1.84. The van der Waals surface area contributed by atoms with Gasteiger partial charge in [0.2, 0.25) is 0 Å². The number of nitrogens with zero attached hydrogens (tertiary/aromatic N) is 2. The van der Waals surface area contributed by atoms with Gasteiger partial charge in [-0.25, -0.2) is 4.52 Å². The van der Waals surface area contributed by atoms with E-state index in [1.54, 1.807) is 18.3 Å². The van der Waals surface area contributed by atoms with Gasteiger partial charge in [0, 0.05) is 6.20 Å². The molecule has 0 bridgehead atoms. The molecular weight excluding hydrogens is 154 g/mol. The predicted molar refractivity (Wildman–Crippen MR) is 45.9 cm³/mol. The van der Waals surface area contributed by atoms with Crippen LogP contribution in [-0.4, -0.2) is 14.6 Å². The van der Waals surface area contributed by atoms with Crippen LogP contribution in [-0.2, 0) is 0 Å². The summed E-state index contributed by atoms with van der Waals surface area (Å²) in [6, 6.07) is 1.73. The summed E-state index contributed by atoms with van der Waals surface area (Å²) in [5.74, 6) is 0. The zero-order valence-electron chi connectivity index (χ0n) is 6.32. The van der Waals surface area contributed by atoms with Gasteiger partial charge in [-0.2, -0.15) is 5.10 Å². The van der Waals surface area contributed by atoms with Gasteiger partial charge in [-0.05, 0) is 11.6 Å². The van der Waals surface area contributed by atoms with Crippen LogP contribution in [0.15, 0.2) is 30.0 Å². The largest absolute Gasteiger partial charge is 0.310 e. The van der Waals surface area contributed by atoms with Crippen molar-refractivity contribution in [1.29, 1.82) is 0 Å². The molecule has 0 aliphatic rings. The third kappa shape index (κ3) is 0.852. The second kappa shape index (κ2) is 2.34. The van der Waals surface area contributed by atoms with E-state index in [1.807, 2.05) is 0 Å².